The molecule has 33 heavy (non-hydrogen) atoms. The van der Waals surface area contributed by atoms with Gasteiger partial charge in [-0.2, -0.15) is 0 Å². The highest BCUT2D eigenvalue weighted by Gasteiger charge is 2.42. The number of amides is 3. The lowest BCUT2D eigenvalue weighted by Crippen LogP contribution is -2.59. The van der Waals surface area contributed by atoms with E-state index in [-0.39, 0.29) is 35.7 Å². The molecule has 2 fully saturated rings. The molecular formula is C26H27N3O4. The second-order valence-electron chi connectivity index (χ2n) is 8.86. The molecule has 0 radical (unpaired) electrons. The van der Waals surface area contributed by atoms with Crippen LogP contribution in [0.1, 0.15) is 48.9 Å². The molecule has 2 aromatic carbocycles. The minimum Gasteiger partial charge on any atom is -0.490 e. The van der Waals surface area contributed by atoms with E-state index >= 15 is 0 Å². The number of hydrogen-bond donors (Lipinski definition) is 2. The minimum atomic E-state index is -0.371. The number of nitrogens with zero attached hydrogens (tertiary/aromatic N) is 1. The molecule has 2 aliphatic carbocycles. The number of anilines is 2. The van der Waals surface area contributed by atoms with Crippen molar-refractivity contribution in [3.63, 3.8) is 0 Å². The molecule has 0 aromatic heterocycles. The highest BCUT2D eigenvalue weighted by Crippen LogP contribution is 2.32. The van der Waals surface area contributed by atoms with Gasteiger partial charge < -0.3 is 10.1 Å². The fourth-order valence-corrected chi connectivity index (χ4v) is 4.82. The van der Waals surface area contributed by atoms with Crippen molar-refractivity contribution in [1.29, 1.82) is 0 Å². The van der Waals surface area contributed by atoms with Crippen molar-refractivity contribution < 1.29 is 19.1 Å². The first-order valence-electron chi connectivity index (χ1n) is 11.6. The van der Waals surface area contributed by atoms with Crippen LogP contribution in [-0.2, 0) is 9.59 Å². The Kier molecular flexibility index (Phi) is 5.86. The Morgan fingerprint density at radius 1 is 0.970 bits per heavy atom. The summed E-state index contributed by atoms with van der Waals surface area (Å²) in [7, 11) is 0. The van der Waals surface area contributed by atoms with Gasteiger partial charge in [-0.25, -0.2) is 5.01 Å². The summed E-state index contributed by atoms with van der Waals surface area (Å²) in [5.41, 5.74) is 4.20. The third-order valence-corrected chi connectivity index (χ3v) is 6.59. The van der Waals surface area contributed by atoms with Crippen LogP contribution >= 0.6 is 0 Å². The summed E-state index contributed by atoms with van der Waals surface area (Å²) in [6.07, 6.45) is 9.76. The number of allylic oxidation sites excluding steroid dienone is 2. The summed E-state index contributed by atoms with van der Waals surface area (Å²) in [5.74, 6) is -0.584. The van der Waals surface area contributed by atoms with Crippen molar-refractivity contribution in [1.82, 2.24) is 5.43 Å². The highest BCUT2D eigenvalue weighted by atomic mass is 16.5. The average Bonchev–Trinajstić information content (AvgIpc) is 3.35. The van der Waals surface area contributed by atoms with Crippen molar-refractivity contribution in [2.45, 2.75) is 44.6 Å². The van der Waals surface area contributed by atoms with E-state index in [0.717, 1.165) is 18.6 Å². The quantitative estimate of drug-likeness (QED) is 0.675. The van der Waals surface area contributed by atoms with Crippen molar-refractivity contribution >= 4 is 29.1 Å². The lowest BCUT2D eigenvalue weighted by atomic mass is 9.80. The Bertz CT molecular complexity index is 1110. The standard InChI is InChI=1S/C26H27N3O4/c30-24(27-18-8-6-12-21(16-18)33-20-10-1-2-11-20)17-7-5-9-19(15-17)29-26(32)23-14-4-3-13-22(23)25(31)28-29/h3-9,12,15-16,20,22-23H,1-2,10-11,13-14H2,(H,27,30)(H,28,31). The van der Waals surface area contributed by atoms with E-state index in [9.17, 15) is 14.4 Å². The smallest absolute Gasteiger partial charge is 0.255 e. The van der Waals surface area contributed by atoms with Gasteiger partial charge in [0.2, 0.25) is 11.8 Å². The van der Waals surface area contributed by atoms with Crippen LogP contribution in [0.4, 0.5) is 11.4 Å². The maximum Gasteiger partial charge on any atom is 0.255 e. The first-order valence-corrected chi connectivity index (χ1v) is 11.6. The molecular weight excluding hydrogens is 418 g/mol. The van der Waals surface area contributed by atoms with Gasteiger partial charge in [0.1, 0.15) is 5.75 Å². The second kappa shape index (κ2) is 9.10. The van der Waals surface area contributed by atoms with Gasteiger partial charge >= 0.3 is 0 Å². The normalized spacial score (nSPS) is 22.6. The van der Waals surface area contributed by atoms with Crippen molar-refractivity contribution in [2.75, 3.05) is 10.3 Å². The number of benzene rings is 2. The lowest BCUT2D eigenvalue weighted by molar-refractivity contribution is -0.139. The molecule has 2 aromatic rings. The van der Waals surface area contributed by atoms with Gasteiger partial charge in [-0.3, -0.25) is 19.8 Å². The van der Waals surface area contributed by atoms with E-state index in [1.165, 1.54) is 17.9 Å². The van der Waals surface area contributed by atoms with Crippen LogP contribution in [0.25, 0.3) is 0 Å². The third kappa shape index (κ3) is 4.49. The first kappa shape index (κ1) is 21.2. The van der Waals surface area contributed by atoms with Crippen LogP contribution < -0.4 is 20.5 Å². The zero-order chi connectivity index (χ0) is 22.8. The fourth-order valence-electron chi connectivity index (χ4n) is 4.82. The molecule has 1 saturated heterocycles. The molecule has 1 aliphatic heterocycles. The van der Waals surface area contributed by atoms with Gasteiger partial charge in [0.15, 0.2) is 0 Å². The number of fused-ring (bicyclic) bond motifs is 1. The Hall–Kier alpha value is -3.61. The molecule has 5 rings (SSSR count). The number of carbonyl (C=O) groups is 3. The van der Waals surface area contributed by atoms with Crippen molar-refractivity contribution in [2.24, 2.45) is 11.8 Å². The first-order chi connectivity index (χ1) is 16.1. The summed E-state index contributed by atoms with van der Waals surface area (Å²) < 4.78 is 6.03. The fraction of sp³-hybridized carbons (Fsp3) is 0.346. The number of ether oxygens (including phenoxy) is 1. The van der Waals surface area contributed by atoms with Crippen LogP contribution in [-0.4, -0.2) is 23.8 Å². The molecule has 170 valence electrons. The minimum absolute atomic E-state index is 0.154. The summed E-state index contributed by atoms with van der Waals surface area (Å²) >= 11 is 0. The Morgan fingerprint density at radius 2 is 1.73 bits per heavy atom. The van der Waals surface area contributed by atoms with E-state index in [1.807, 2.05) is 36.4 Å². The van der Waals surface area contributed by atoms with Crippen molar-refractivity contribution in [3.05, 3.63) is 66.2 Å². The largest absolute Gasteiger partial charge is 0.490 e. The third-order valence-electron chi connectivity index (χ3n) is 6.59. The molecule has 3 aliphatic rings. The molecule has 0 bridgehead atoms. The Morgan fingerprint density at radius 3 is 2.55 bits per heavy atom. The maximum atomic E-state index is 13.0. The SMILES string of the molecule is O=C(Nc1cccc(OC2CCCC2)c1)c1cccc(N2NC(=O)C3CC=CCC3C2=O)c1. The van der Waals surface area contributed by atoms with E-state index in [0.29, 0.717) is 29.8 Å². The average molecular weight is 446 g/mol. The van der Waals surface area contributed by atoms with E-state index in [2.05, 4.69) is 10.7 Å². The summed E-state index contributed by atoms with van der Waals surface area (Å²) in [5, 5.41) is 4.17. The van der Waals surface area contributed by atoms with Crippen LogP contribution in [0.3, 0.4) is 0 Å². The topological polar surface area (TPSA) is 87.7 Å². The van der Waals surface area contributed by atoms with Gasteiger partial charge in [0.05, 0.1) is 23.6 Å². The lowest BCUT2D eigenvalue weighted by Gasteiger charge is -2.38. The molecule has 7 nitrogen and oxygen atoms in total. The molecule has 2 unspecified atom stereocenters. The zero-order valence-electron chi connectivity index (χ0n) is 18.3. The molecule has 2 atom stereocenters. The molecule has 2 N–H and O–H groups in total. The molecule has 3 amide bonds. The van der Waals surface area contributed by atoms with Gasteiger partial charge in [-0.1, -0.05) is 24.3 Å². The van der Waals surface area contributed by atoms with E-state index in [1.54, 1.807) is 24.3 Å². The van der Waals surface area contributed by atoms with Gasteiger partial charge in [-0.05, 0) is 68.9 Å². The molecule has 7 heteroatoms. The summed E-state index contributed by atoms with van der Waals surface area (Å²) in [6, 6.07) is 14.1. The zero-order valence-corrected chi connectivity index (χ0v) is 18.3. The van der Waals surface area contributed by atoms with E-state index in [4.69, 9.17) is 4.74 Å². The highest BCUT2D eigenvalue weighted by molar-refractivity contribution is 6.07. The molecule has 0 spiro atoms. The predicted octanol–water partition coefficient (Wildman–Crippen LogP) is 4.22. The predicted molar refractivity (Wildman–Crippen MR) is 125 cm³/mol. The number of rotatable bonds is 5. The van der Waals surface area contributed by atoms with Crippen LogP contribution in [0.5, 0.6) is 5.75 Å². The number of hydrazine groups is 1. The van der Waals surface area contributed by atoms with Crippen LogP contribution in [0.2, 0.25) is 0 Å². The van der Waals surface area contributed by atoms with Crippen LogP contribution in [0, 0.1) is 11.8 Å². The molecule has 1 saturated carbocycles. The van der Waals surface area contributed by atoms with Gasteiger partial charge in [0, 0.05) is 17.3 Å². The number of nitrogens with one attached hydrogen (secondary N) is 2. The number of hydrogen-bond acceptors (Lipinski definition) is 4. The Balaban J connectivity index is 1.30. The van der Waals surface area contributed by atoms with Gasteiger partial charge in [-0.15, -0.1) is 0 Å². The number of carbonyl (C=O) groups excluding carboxylic acids is 3. The summed E-state index contributed by atoms with van der Waals surface area (Å²) in [4.78, 5) is 38.5. The van der Waals surface area contributed by atoms with Gasteiger partial charge in [0.25, 0.3) is 5.91 Å². The monoisotopic (exact) mass is 445 g/mol. The summed E-state index contributed by atoms with van der Waals surface area (Å²) in [6.45, 7) is 0. The maximum absolute atomic E-state index is 13.0. The Labute approximate surface area is 192 Å². The second-order valence-corrected chi connectivity index (χ2v) is 8.86. The molecule has 1 heterocycles. The van der Waals surface area contributed by atoms with E-state index < -0.39 is 0 Å². The van der Waals surface area contributed by atoms with Crippen LogP contribution in [0.15, 0.2) is 60.7 Å². The van der Waals surface area contributed by atoms with Crippen molar-refractivity contribution in [3.8, 4) is 5.75 Å².